The van der Waals surface area contributed by atoms with Crippen molar-refractivity contribution in [3.63, 3.8) is 0 Å². The number of hydrogen-bond donors (Lipinski definition) is 0. The molecule has 6 heteroatoms. The summed E-state index contributed by atoms with van der Waals surface area (Å²) in [5, 5.41) is 0.855. The number of nitrogens with zero attached hydrogens (tertiary/aromatic N) is 2. The standard InChI is InChI=1S/C9H9BrN2O2S/c1-6-9-7(8(10)5-11-6)3-4-12(9)15(2,13)14/h3-5H,1-2H3. The lowest BCUT2D eigenvalue weighted by Gasteiger charge is -2.04. The Morgan fingerprint density at radius 1 is 1.47 bits per heavy atom. The molecule has 80 valence electrons. The van der Waals surface area contributed by atoms with Crippen LogP contribution in [0.5, 0.6) is 0 Å². The third kappa shape index (κ3) is 1.68. The van der Waals surface area contributed by atoms with E-state index in [0.717, 1.165) is 9.86 Å². The third-order valence-corrected chi connectivity index (χ3v) is 3.83. The summed E-state index contributed by atoms with van der Waals surface area (Å²) in [4.78, 5) is 4.12. The molecule has 0 spiro atoms. The summed E-state index contributed by atoms with van der Waals surface area (Å²) in [5.41, 5.74) is 1.33. The summed E-state index contributed by atoms with van der Waals surface area (Å²) in [5.74, 6) is 0. The molecule has 0 radical (unpaired) electrons. The van der Waals surface area contributed by atoms with Crippen LogP contribution in [0.4, 0.5) is 0 Å². The average molecular weight is 289 g/mol. The first kappa shape index (κ1) is 10.6. The number of hydrogen-bond acceptors (Lipinski definition) is 3. The van der Waals surface area contributed by atoms with Gasteiger partial charge in [0.25, 0.3) is 0 Å². The first-order valence-corrected chi connectivity index (χ1v) is 6.88. The van der Waals surface area contributed by atoms with Crippen LogP contribution >= 0.6 is 15.9 Å². The molecule has 0 bridgehead atoms. The van der Waals surface area contributed by atoms with Crippen LogP contribution in [0.3, 0.4) is 0 Å². The predicted octanol–water partition coefficient (Wildman–Crippen LogP) is 1.91. The van der Waals surface area contributed by atoms with Gasteiger partial charge >= 0.3 is 0 Å². The minimum Gasteiger partial charge on any atom is -0.258 e. The minimum absolute atomic E-state index is 0.631. The smallest absolute Gasteiger partial charge is 0.236 e. The number of pyridine rings is 1. The second-order valence-electron chi connectivity index (χ2n) is 3.33. The summed E-state index contributed by atoms with van der Waals surface area (Å²) in [7, 11) is -3.27. The van der Waals surface area contributed by atoms with E-state index in [2.05, 4.69) is 20.9 Å². The third-order valence-electron chi connectivity index (χ3n) is 2.18. The topological polar surface area (TPSA) is 52.0 Å². The van der Waals surface area contributed by atoms with Gasteiger partial charge in [0.2, 0.25) is 10.0 Å². The van der Waals surface area contributed by atoms with E-state index >= 15 is 0 Å². The van der Waals surface area contributed by atoms with E-state index in [4.69, 9.17) is 0 Å². The highest BCUT2D eigenvalue weighted by atomic mass is 79.9. The van der Waals surface area contributed by atoms with E-state index in [0.29, 0.717) is 11.2 Å². The molecule has 0 atom stereocenters. The average Bonchev–Trinajstić information content (AvgIpc) is 2.55. The van der Waals surface area contributed by atoms with Gasteiger partial charge in [-0.2, -0.15) is 0 Å². The van der Waals surface area contributed by atoms with Crippen molar-refractivity contribution >= 4 is 36.9 Å². The Kier molecular flexibility index (Phi) is 2.35. The highest BCUT2D eigenvalue weighted by Crippen LogP contribution is 2.26. The molecule has 2 heterocycles. The van der Waals surface area contributed by atoms with E-state index in [1.165, 1.54) is 10.2 Å². The van der Waals surface area contributed by atoms with Gasteiger partial charge in [0.05, 0.1) is 17.5 Å². The van der Waals surface area contributed by atoms with E-state index in [-0.39, 0.29) is 0 Å². The minimum atomic E-state index is -3.27. The molecule has 0 N–H and O–H groups in total. The Balaban J connectivity index is 2.98. The highest BCUT2D eigenvalue weighted by Gasteiger charge is 2.13. The SMILES string of the molecule is Cc1ncc(Br)c2ccn(S(C)(=O)=O)c12. The van der Waals surface area contributed by atoms with Crippen molar-refractivity contribution in [2.45, 2.75) is 6.92 Å². The fraction of sp³-hybridized carbons (Fsp3) is 0.222. The first-order chi connectivity index (χ1) is 6.91. The van der Waals surface area contributed by atoms with Gasteiger partial charge < -0.3 is 0 Å². The van der Waals surface area contributed by atoms with Gasteiger partial charge in [-0.05, 0) is 28.9 Å². The van der Waals surface area contributed by atoms with Gasteiger partial charge in [-0.25, -0.2) is 12.4 Å². The number of fused-ring (bicyclic) bond motifs is 1. The molecule has 2 rings (SSSR count). The lowest BCUT2D eigenvalue weighted by molar-refractivity contribution is 0.595. The van der Waals surface area contributed by atoms with Crippen LogP contribution in [-0.2, 0) is 10.0 Å². The monoisotopic (exact) mass is 288 g/mol. The largest absolute Gasteiger partial charge is 0.258 e. The van der Waals surface area contributed by atoms with E-state index in [1.807, 2.05) is 0 Å². The molecule has 0 fully saturated rings. The van der Waals surface area contributed by atoms with Gasteiger partial charge in [0, 0.05) is 22.3 Å². The van der Waals surface area contributed by atoms with Crippen molar-refractivity contribution in [2.24, 2.45) is 0 Å². The van der Waals surface area contributed by atoms with Crippen LogP contribution in [0.1, 0.15) is 5.69 Å². The van der Waals surface area contributed by atoms with Crippen molar-refractivity contribution in [1.29, 1.82) is 0 Å². The molecule has 2 aromatic rings. The number of halogens is 1. The van der Waals surface area contributed by atoms with Gasteiger partial charge in [0.1, 0.15) is 0 Å². The van der Waals surface area contributed by atoms with Crippen LogP contribution < -0.4 is 0 Å². The quantitative estimate of drug-likeness (QED) is 0.806. The van der Waals surface area contributed by atoms with Crippen LogP contribution in [0.2, 0.25) is 0 Å². The molecular formula is C9H9BrN2O2S. The van der Waals surface area contributed by atoms with Crippen molar-refractivity contribution in [2.75, 3.05) is 6.26 Å². The zero-order chi connectivity index (χ0) is 11.2. The Morgan fingerprint density at radius 3 is 2.73 bits per heavy atom. The summed E-state index contributed by atoms with van der Waals surface area (Å²) in [6, 6.07) is 1.76. The van der Waals surface area contributed by atoms with E-state index in [9.17, 15) is 8.42 Å². The summed E-state index contributed by atoms with van der Waals surface area (Å²) >= 11 is 3.34. The molecule has 0 aliphatic carbocycles. The molecule has 0 aliphatic heterocycles. The highest BCUT2D eigenvalue weighted by molar-refractivity contribution is 9.10. The Morgan fingerprint density at radius 2 is 2.13 bits per heavy atom. The fourth-order valence-corrected chi connectivity index (χ4v) is 2.79. The van der Waals surface area contributed by atoms with Gasteiger partial charge in [0.15, 0.2) is 0 Å². The van der Waals surface area contributed by atoms with Gasteiger partial charge in [-0.3, -0.25) is 4.98 Å². The van der Waals surface area contributed by atoms with E-state index in [1.54, 1.807) is 25.4 Å². The normalized spacial score (nSPS) is 12.2. The van der Waals surface area contributed by atoms with Crippen molar-refractivity contribution in [3.8, 4) is 0 Å². The van der Waals surface area contributed by atoms with Gasteiger partial charge in [-0.1, -0.05) is 0 Å². The number of aromatic nitrogens is 2. The molecule has 0 aliphatic rings. The lowest BCUT2D eigenvalue weighted by Crippen LogP contribution is -2.09. The summed E-state index contributed by atoms with van der Waals surface area (Å²) in [6.07, 6.45) is 4.39. The van der Waals surface area contributed by atoms with Crippen LogP contribution in [-0.4, -0.2) is 23.6 Å². The van der Waals surface area contributed by atoms with Crippen LogP contribution in [0.15, 0.2) is 22.9 Å². The molecule has 0 unspecified atom stereocenters. The lowest BCUT2D eigenvalue weighted by atomic mass is 10.3. The van der Waals surface area contributed by atoms with Crippen LogP contribution in [0, 0.1) is 6.92 Å². The zero-order valence-corrected chi connectivity index (χ0v) is 10.6. The Hall–Kier alpha value is -0.880. The molecule has 0 saturated heterocycles. The van der Waals surface area contributed by atoms with Crippen molar-refractivity contribution in [1.82, 2.24) is 8.96 Å². The zero-order valence-electron chi connectivity index (χ0n) is 8.23. The molecule has 2 aromatic heterocycles. The van der Waals surface area contributed by atoms with Crippen molar-refractivity contribution in [3.05, 3.63) is 28.6 Å². The summed E-state index contributed by atoms with van der Waals surface area (Å²) < 4.78 is 25.0. The van der Waals surface area contributed by atoms with Gasteiger partial charge in [-0.15, -0.1) is 0 Å². The second kappa shape index (κ2) is 3.31. The maximum Gasteiger partial charge on any atom is 0.236 e. The molecule has 4 nitrogen and oxygen atoms in total. The molecular weight excluding hydrogens is 280 g/mol. The van der Waals surface area contributed by atoms with Crippen LogP contribution in [0.25, 0.3) is 10.9 Å². The molecule has 15 heavy (non-hydrogen) atoms. The number of rotatable bonds is 1. The van der Waals surface area contributed by atoms with Crippen molar-refractivity contribution < 1.29 is 8.42 Å². The molecule has 0 aromatic carbocycles. The molecule has 0 saturated carbocycles. The fourth-order valence-electron chi connectivity index (χ4n) is 1.52. The second-order valence-corrected chi connectivity index (χ2v) is 6.04. The Labute approximate surface area is 96.1 Å². The van der Waals surface area contributed by atoms with E-state index < -0.39 is 10.0 Å². The number of aryl methyl sites for hydroxylation is 1. The maximum absolute atomic E-state index is 11.5. The Bertz CT molecular complexity index is 631. The summed E-state index contributed by atoms with van der Waals surface area (Å²) in [6.45, 7) is 1.79. The molecule has 0 amide bonds. The maximum atomic E-state index is 11.5. The first-order valence-electron chi connectivity index (χ1n) is 4.24. The predicted molar refractivity (Wildman–Crippen MR) is 62.4 cm³/mol.